The van der Waals surface area contributed by atoms with Gasteiger partial charge in [0.1, 0.15) is 0 Å². The minimum atomic E-state index is -2.51. The van der Waals surface area contributed by atoms with Gasteiger partial charge >= 0.3 is 14.8 Å². The first-order chi connectivity index (χ1) is 8.43. The highest BCUT2D eigenvalue weighted by atomic mass is 28.4. The van der Waals surface area contributed by atoms with E-state index in [4.69, 9.17) is 19.0 Å². The number of hydrogen-bond acceptors (Lipinski definition) is 4. The van der Waals surface area contributed by atoms with Crippen LogP contribution >= 0.6 is 0 Å². The average molecular weight is 278 g/mol. The molecule has 6 nitrogen and oxygen atoms in total. The van der Waals surface area contributed by atoms with E-state index in [1.165, 1.54) is 0 Å². The standard InChI is InChI=1S/C11H26N2O4Si/c1-5-15-18(4,16-6-2)17-10(3)8-7-9-13-11(12)14/h10H,5-9H2,1-4H3,(H3,12,13,14). The smallest absolute Gasteiger partial charge is 0.374 e. The molecule has 3 N–H and O–H groups in total. The second-order valence-corrected chi connectivity index (χ2v) is 6.63. The molecule has 18 heavy (non-hydrogen) atoms. The van der Waals surface area contributed by atoms with Gasteiger partial charge in [-0.25, -0.2) is 4.79 Å². The molecule has 0 saturated heterocycles. The third-order valence-electron chi connectivity index (χ3n) is 2.31. The predicted octanol–water partition coefficient (Wildman–Crippen LogP) is 1.48. The maximum atomic E-state index is 10.5. The summed E-state index contributed by atoms with van der Waals surface area (Å²) >= 11 is 0. The Morgan fingerprint density at radius 1 is 1.33 bits per heavy atom. The quantitative estimate of drug-likeness (QED) is 0.468. The zero-order valence-corrected chi connectivity index (χ0v) is 12.8. The van der Waals surface area contributed by atoms with Crippen LogP contribution < -0.4 is 11.1 Å². The van der Waals surface area contributed by atoms with Crippen molar-refractivity contribution in [2.75, 3.05) is 19.8 Å². The minimum absolute atomic E-state index is 0.0365. The van der Waals surface area contributed by atoms with Crippen LogP contribution in [-0.4, -0.2) is 40.7 Å². The fourth-order valence-electron chi connectivity index (χ4n) is 1.66. The first-order valence-corrected chi connectivity index (χ1v) is 8.65. The number of rotatable bonds is 10. The van der Waals surface area contributed by atoms with Crippen molar-refractivity contribution >= 4 is 14.8 Å². The van der Waals surface area contributed by atoms with Crippen LogP contribution in [0.25, 0.3) is 0 Å². The number of carbonyl (C=O) groups is 1. The molecule has 0 aliphatic rings. The molecule has 7 heteroatoms. The third-order valence-corrected chi connectivity index (χ3v) is 4.77. The monoisotopic (exact) mass is 278 g/mol. The minimum Gasteiger partial charge on any atom is -0.374 e. The molecule has 0 aromatic carbocycles. The van der Waals surface area contributed by atoms with E-state index in [1.807, 2.05) is 27.3 Å². The summed E-state index contributed by atoms with van der Waals surface area (Å²) in [5.41, 5.74) is 4.98. The maximum Gasteiger partial charge on any atom is 0.497 e. The molecule has 0 aromatic heterocycles. The van der Waals surface area contributed by atoms with Crippen LogP contribution in [0.5, 0.6) is 0 Å². The molecule has 0 aliphatic carbocycles. The second-order valence-electron chi connectivity index (χ2n) is 4.09. The first kappa shape index (κ1) is 17.4. The number of nitrogens with one attached hydrogen (secondary N) is 1. The molecule has 0 heterocycles. The van der Waals surface area contributed by atoms with Gasteiger partial charge in [0.2, 0.25) is 0 Å². The molecular formula is C11H26N2O4Si. The normalized spacial score (nSPS) is 13.3. The summed E-state index contributed by atoms with van der Waals surface area (Å²) in [6.07, 6.45) is 1.67. The highest BCUT2D eigenvalue weighted by molar-refractivity contribution is 6.59. The average Bonchev–Trinajstić information content (AvgIpc) is 2.24. The number of nitrogens with two attached hydrogens (primary N) is 1. The summed E-state index contributed by atoms with van der Waals surface area (Å²) in [5, 5.41) is 2.55. The number of hydrogen-bond donors (Lipinski definition) is 2. The molecule has 108 valence electrons. The van der Waals surface area contributed by atoms with Crippen LogP contribution in [-0.2, 0) is 13.3 Å². The summed E-state index contributed by atoms with van der Waals surface area (Å²) < 4.78 is 17.1. The Morgan fingerprint density at radius 3 is 2.33 bits per heavy atom. The topological polar surface area (TPSA) is 82.8 Å². The number of primary amides is 1. The highest BCUT2D eigenvalue weighted by Crippen LogP contribution is 2.14. The summed E-state index contributed by atoms with van der Waals surface area (Å²) in [5.74, 6) is 0. The summed E-state index contributed by atoms with van der Waals surface area (Å²) in [4.78, 5) is 10.5. The SMILES string of the molecule is CCO[Si](C)(OCC)OC(C)CCCNC(N)=O. The lowest BCUT2D eigenvalue weighted by Gasteiger charge is -2.28. The summed E-state index contributed by atoms with van der Waals surface area (Å²) in [6, 6.07) is -0.494. The van der Waals surface area contributed by atoms with Crippen molar-refractivity contribution in [1.29, 1.82) is 0 Å². The molecule has 1 unspecified atom stereocenters. The van der Waals surface area contributed by atoms with Crippen LogP contribution in [0.1, 0.15) is 33.6 Å². The summed E-state index contributed by atoms with van der Waals surface area (Å²) in [7, 11) is -2.51. The second kappa shape index (κ2) is 9.32. The van der Waals surface area contributed by atoms with Crippen molar-refractivity contribution in [1.82, 2.24) is 5.32 Å². The molecule has 0 spiro atoms. The van der Waals surface area contributed by atoms with Gasteiger partial charge in [0.25, 0.3) is 0 Å². The van der Waals surface area contributed by atoms with Crippen molar-refractivity contribution in [2.45, 2.75) is 46.3 Å². The van der Waals surface area contributed by atoms with Crippen molar-refractivity contribution in [3.63, 3.8) is 0 Å². The van der Waals surface area contributed by atoms with Gasteiger partial charge in [-0.05, 0) is 33.6 Å². The molecule has 0 bridgehead atoms. The van der Waals surface area contributed by atoms with E-state index in [1.54, 1.807) is 0 Å². The molecule has 1 atom stereocenters. The van der Waals surface area contributed by atoms with E-state index in [-0.39, 0.29) is 6.10 Å². The van der Waals surface area contributed by atoms with Gasteiger partial charge in [-0.2, -0.15) is 0 Å². The van der Waals surface area contributed by atoms with Crippen molar-refractivity contribution in [3.05, 3.63) is 0 Å². The Morgan fingerprint density at radius 2 is 1.89 bits per heavy atom. The lowest BCUT2D eigenvalue weighted by Crippen LogP contribution is -2.45. The van der Waals surface area contributed by atoms with E-state index in [2.05, 4.69) is 5.32 Å². The van der Waals surface area contributed by atoms with Crippen LogP contribution in [0.15, 0.2) is 0 Å². The van der Waals surface area contributed by atoms with Crippen molar-refractivity contribution < 1.29 is 18.1 Å². The van der Waals surface area contributed by atoms with E-state index < -0.39 is 14.8 Å². The molecule has 0 radical (unpaired) electrons. The Balaban J connectivity index is 3.94. The van der Waals surface area contributed by atoms with E-state index in [9.17, 15) is 4.79 Å². The fourth-order valence-corrected chi connectivity index (χ4v) is 3.78. The highest BCUT2D eigenvalue weighted by Gasteiger charge is 2.35. The van der Waals surface area contributed by atoms with Gasteiger partial charge in [0, 0.05) is 32.4 Å². The van der Waals surface area contributed by atoms with Crippen LogP contribution in [0, 0.1) is 0 Å². The molecule has 0 rings (SSSR count). The van der Waals surface area contributed by atoms with Crippen LogP contribution in [0.4, 0.5) is 4.79 Å². The largest absolute Gasteiger partial charge is 0.497 e. The van der Waals surface area contributed by atoms with Gasteiger partial charge in [0.05, 0.1) is 0 Å². The Hall–Kier alpha value is -0.633. The Bertz CT molecular complexity index is 235. The van der Waals surface area contributed by atoms with Gasteiger partial charge in [-0.3, -0.25) is 0 Å². The maximum absolute atomic E-state index is 10.5. The summed E-state index contributed by atoms with van der Waals surface area (Å²) in [6.45, 7) is 9.46. The van der Waals surface area contributed by atoms with E-state index in [0.717, 1.165) is 12.8 Å². The predicted molar refractivity (Wildman–Crippen MR) is 72.2 cm³/mol. The third kappa shape index (κ3) is 8.46. The molecular weight excluding hydrogens is 252 g/mol. The number of carbonyl (C=O) groups excluding carboxylic acids is 1. The van der Waals surface area contributed by atoms with Crippen LogP contribution in [0.2, 0.25) is 6.55 Å². The molecule has 0 saturated carbocycles. The van der Waals surface area contributed by atoms with Crippen molar-refractivity contribution in [2.24, 2.45) is 5.73 Å². The lowest BCUT2D eigenvalue weighted by atomic mass is 10.2. The molecule has 0 aliphatic heterocycles. The Labute approximate surface area is 111 Å². The fraction of sp³-hybridized carbons (Fsp3) is 0.909. The van der Waals surface area contributed by atoms with Crippen molar-refractivity contribution in [3.8, 4) is 0 Å². The van der Waals surface area contributed by atoms with Gasteiger partial charge in [-0.15, -0.1) is 0 Å². The molecule has 0 aromatic rings. The number of urea groups is 1. The van der Waals surface area contributed by atoms with E-state index in [0.29, 0.717) is 19.8 Å². The van der Waals surface area contributed by atoms with Gasteiger partial charge in [-0.1, -0.05) is 0 Å². The number of amides is 2. The molecule has 2 amide bonds. The first-order valence-electron chi connectivity index (χ1n) is 6.42. The zero-order valence-electron chi connectivity index (χ0n) is 11.8. The van der Waals surface area contributed by atoms with Gasteiger partial charge in [0.15, 0.2) is 0 Å². The zero-order chi connectivity index (χ0) is 14.0. The Kier molecular flexibility index (Phi) is 8.99. The van der Waals surface area contributed by atoms with Crippen LogP contribution in [0.3, 0.4) is 0 Å². The van der Waals surface area contributed by atoms with E-state index >= 15 is 0 Å². The van der Waals surface area contributed by atoms with Gasteiger partial charge < -0.3 is 24.3 Å². The molecule has 0 fully saturated rings. The lowest BCUT2D eigenvalue weighted by molar-refractivity contribution is 0.0410.